The van der Waals surface area contributed by atoms with Gasteiger partial charge < -0.3 is 10.6 Å². The van der Waals surface area contributed by atoms with Gasteiger partial charge in [-0.25, -0.2) is 8.42 Å². The summed E-state index contributed by atoms with van der Waals surface area (Å²) in [6, 6.07) is 7.33. The molecular weight excluding hydrogens is 332 g/mol. The number of carbonyl (C=O) groups excluding carboxylic acids is 2. The fourth-order valence-corrected chi connectivity index (χ4v) is 2.94. The van der Waals surface area contributed by atoms with Crippen LogP contribution >= 0.6 is 0 Å². The number of anilines is 1. The van der Waals surface area contributed by atoms with Crippen LogP contribution < -0.4 is 10.6 Å². The van der Waals surface area contributed by atoms with E-state index < -0.39 is 21.7 Å². The normalized spacial score (nSPS) is 12.4. The van der Waals surface area contributed by atoms with Gasteiger partial charge in [-0.3, -0.25) is 14.3 Å². The predicted octanol–water partition coefficient (Wildman–Crippen LogP) is 0.430. The highest BCUT2D eigenvalue weighted by Crippen LogP contribution is 2.20. The molecule has 1 unspecified atom stereocenters. The lowest BCUT2D eigenvalue weighted by Gasteiger charge is -2.14. The van der Waals surface area contributed by atoms with Crippen LogP contribution in [-0.2, 0) is 26.0 Å². The lowest BCUT2D eigenvalue weighted by atomic mass is 10.3. The zero-order valence-corrected chi connectivity index (χ0v) is 14.1. The van der Waals surface area contributed by atoms with Crippen LogP contribution in [0.4, 0.5) is 5.69 Å². The predicted molar refractivity (Wildman–Crippen MR) is 88.0 cm³/mol. The average Bonchev–Trinajstić information content (AvgIpc) is 2.99. The molecule has 2 N–H and O–H groups in total. The SMILES string of the molecule is CC(Cn1cccn1)NC(=O)C(=O)Nc1ccccc1S(C)(=O)=O. The Balaban J connectivity index is 2.01. The van der Waals surface area contributed by atoms with Gasteiger partial charge in [0.1, 0.15) is 0 Å². The smallest absolute Gasteiger partial charge is 0.313 e. The largest absolute Gasteiger partial charge is 0.344 e. The van der Waals surface area contributed by atoms with Gasteiger partial charge in [-0.1, -0.05) is 12.1 Å². The maximum atomic E-state index is 12.0. The minimum Gasteiger partial charge on any atom is -0.344 e. The summed E-state index contributed by atoms with van der Waals surface area (Å²) in [7, 11) is -3.52. The van der Waals surface area contributed by atoms with Crippen LogP contribution in [-0.4, -0.2) is 42.3 Å². The molecule has 1 aromatic carbocycles. The molecule has 24 heavy (non-hydrogen) atoms. The van der Waals surface area contributed by atoms with Gasteiger partial charge in [-0.15, -0.1) is 0 Å². The van der Waals surface area contributed by atoms with Crippen LogP contribution in [0.15, 0.2) is 47.6 Å². The minimum absolute atomic E-state index is 0.0456. The molecule has 0 saturated carbocycles. The number of hydrogen-bond donors (Lipinski definition) is 2. The molecule has 2 aromatic rings. The van der Waals surface area contributed by atoms with Crippen molar-refractivity contribution in [1.82, 2.24) is 15.1 Å². The van der Waals surface area contributed by atoms with Crippen LogP contribution in [0.5, 0.6) is 0 Å². The quantitative estimate of drug-likeness (QED) is 0.760. The van der Waals surface area contributed by atoms with E-state index in [9.17, 15) is 18.0 Å². The molecule has 0 saturated heterocycles. The monoisotopic (exact) mass is 350 g/mol. The molecule has 1 heterocycles. The summed E-state index contributed by atoms with van der Waals surface area (Å²) >= 11 is 0. The molecule has 2 rings (SSSR count). The standard InChI is InChI=1S/C15H18N4O4S/c1-11(10-19-9-5-8-16-19)17-14(20)15(21)18-12-6-3-4-7-13(12)24(2,22)23/h3-9,11H,10H2,1-2H3,(H,17,20)(H,18,21). The Hall–Kier alpha value is -2.68. The molecule has 128 valence electrons. The van der Waals surface area contributed by atoms with E-state index >= 15 is 0 Å². The summed E-state index contributed by atoms with van der Waals surface area (Å²) in [6.07, 6.45) is 4.39. The van der Waals surface area contributed by atoms with Crippen molar-refractivity contribution in [2.24, 2.45) is 0 Å². The van der Waals surface area contributed by atoms with Crippen molar-refractivity contribution >= 4 is 27.3 Å². The highest BCUT2D eigenvalue weighted by molar-refractivity contribution is 7.90. The van der Waals surface area contributed by atoms with Crippen molar-refractivity contribution in [2.75, 3.05) is 11.6 Å². The first kappa shape index (κ1) is 17.7. The third-order valence-electron chi connectivity index (χ3n) is 3.14. The molecule has 0 spiro atoms. The number of carbonyl (C=O) groups is 2. The topological polar surface area (TPSA) is 110 Å². The first-order valence-electron chi connectivity index (χ1n) is 7.15. The third kappa shape index (κ3) is 4.66. The molecule has 0 bridgehead atoms. The molecule has 8 nitrogen and oxygen atoms in total. The van der Waals surface area contributed by atoms with Gasteiger partial charge in [0, 0.05) is 24.7 Å². The van der Waals surface area contributed by atoms with Crippen LogP contribution in [0.2, 0.25) is 0 Å². The second kappa shape index (κ2) is 7.26. The summed E-state index contributed by atoms with van der Waals surface area (Å²) in [5.74, 6) is -1.78. The fourth-order valence-electron chi connectivity index (χ4n) is 2.10. The molecule has 0 aliphatic rings. The third-order valence-corrected chi connectivity index (χ3v) is 4.29. The molecule has 0 fully saturated rings. The zero-order chi connectivity index (χ0) is 17.7. The molecule has 9 heteroatoms. The van der Waals surface area contributed by atoms with Gasteiger partial charge in [-0.2, -0.15) is 5.10 Å². The minimum atomic E-state index is -3.52. The number of sulfone groups is 1. The van der Waals surface area contributed by atoms with E-state index in [0.29, 0.717) is 6.54 Å². The Morgan fingerprint density at radius 1 is 1.21 bits per heavy atom. The number of nitrogens with one attached hydrogen (secondary N) is 2. The molecule has 0 radical (unpaired) electrons. The maximum Gasteiger partial charge on any atom is 0.313 e. The molecule has 2 amide bonds. The fraction of sp³-hybridized carbons (Fsp3) is 0.267. The van der Waals surface area contributed by atoms with Gasteiger partial charge in [-0.05, 0) is 25.1 Å². The Bertz CT molecular complexity index is 831. The van der Waals surface area contributed by atoms with Crippen molar-refractivity contribution in [3.63, 3.8) is 0 Å². The van der Waals surface area contributed by atoms with Crippen LogP contribution in [0.25, 0.3) is 0 Å². The molecule has 1 aromatic heterocycles. The van der Waals surface area contributed by atoms with E-state index in [2.05, 4.69) is 15.7 Å². The van der Waals surface area contributed by atoms with Gasteiger partial charge in [0.2, 0.25) is 0 Å². The Labute approximate surface area is 139 Å². The van der Waals surface area contributed by atoms with Crippen LogP contribution in [0, 0.1) is 0 Å². The van der Waals surface area contributed by atoms with E-state index in [0.717, 1.165) is 6.26 Å². The van der Waals surface area contributed by atoms with E-state index in [4.69, 9.17) is 0 Å². The Morgan fingerprint density at radius 2 is 1.92 bits per heavy atom. The number of hydrogen-bond acceptors (Lipinski definition) is 5. The van der Waals surface area contributed by atoms with Crippen molar-refractivity contribution in [3.8, 4) is 0 Å². The van der Waals surface area contributed by atoms with Gasteiger partial charge in [0.15, 0.2) is 9.84 Å². The van der Waals surface area contributed by atoms with E-state index in [1.807, 2.05) is 0 Å². The van der Waals surface area contributed by atoms with Crippen molar-refractivity contribution in [3.05, 3.63) is 42.7 Å². The summed E-state index contributed by atoms with van der Waals surface area (Å²) in [5, 5.41) is 8.88. The Morgan fingerprint density at radius 3 is 2.54 bits per heavy atom. The molecular formula is C15H18N4O4S. The van der Waals surface area contributed by atoms with Gasteiger partial charge in [0.05, 0.1) is 17.1 Å². The van der Waals surface area contributed by atoms with Crippen molar-refractivity contribution in [2.45, 2.75) is 24.4 Å². The van der Waals surface area contributed by atoms with Crippen molar-refractivity contribution < 1.29 is 18.0 Å². The summed E-state index contributed by atoms with van der Waals surface area (Å²) in [4.78, 5) is 23.9. The number of aromatic nitrogens is 2. The van der Waals surface area contributed by atoms with Crippen LogP contribution in [0.1, 0.15) is 6.92 Å². The average molecular weight is 350 g/mol. The lowest BCUT2D eigenvalue weighted by Crippen LogP contribution is -2.42. The second-order valence-electron chi connectivity index (χ2n) is 5.33. The first-order valence-corrected chi connectivity index (χ1v) is 9.05. The zero-order valence-electron chi connectivity index (χ0n) is 13.3. The number of rotatable bonds is 5. The van der Waals surface area contributed by atoms with E-state index in [-0.39, 0.29) is 16.6 Å². The number of benzene rings is 1. The van der Waals surface area contributed by atoms with E-state index in [1.54, 1.807) is 36.1 Å². The van der Waals surface area contributed by atoms with E-state index in [1.165, 1.54) is 18.2 Å². The number of nitrogens with zero attached hydrogens (tertiary/aromatic N) is 2. The lowest BCUT2D eigenvalue weighted by molar-refractivity contribution is -0.136. The molecule has 0 aliphatic heterocycles. The summed E-state index contributed by atoms with van der Waals surface area (Å²) in [6.45, 7) is 2.14. The highest BCUT2D eigenvalue weighted by Gasteiger charge is 2.20. The second-order valence-corrected chi connectivity index (χ2v) is 7.31. The first-order chi connectivity index (χ1) is 11.3. The summed E-state index contributed by atoms with van der Waals surface area (Å²) in [5.41, 5.74) is 0.0693. The number of amides is 2. The van der Waals surface area contributed by atoms with Gasteiger partial charge >= 0.3 is 11.8 Å². The molecule has 1 atom stereocenters. The number of para-hydroxylation sites is 1. The van der Waals surface area contributed by atoms with Crippen molar-refractivity contribution in [1.29, 1.82) is 0 Å². The highest BCUT2D eigenvalue weighted by atomic mass is 32.2. The van der Waals surface area contributed by atoms with Crippen LogP contribution in [0.3, 0.4) is 0 Å². The Kier molecular flexibility index (Phi) is 5.35. The molecule has 0 aliphatic carbocycles. The van der Waals surface area contributed by atoms with Gasteiger partial charge in [0.25, 0.3) is 0 Å². The summed E-state index contributed by atoms with van der Waals surface area (Å²) < 4.78 is 25.0. The maximum absolute atomic E-state index is 12.0.